The van der Waals surface area contributed by atoms with Gasteiger partial charge in [-0.2, -0.15) is 13.2 Å². The number of ether oxygens (including phenoxy) is 2. The van der Waals surface area contributed by atoms with Crippen molar-refractivity contribution < 1.29 is 27.4 Å². The summed E-state index contributed by atoms with van der Waals surface area (Å²) in [7, 11) is 1.54. The number of para-hydroxylation sites is 2. The molecule has 4 nitrogen and oxygen atoms in total. The van der Waals surface area contributed by atoms with Gasteiger partial charge in [-0.25, -0.2) is 0 Å². The first kappa shape index (κ1) is 19.8. The topological polar surface area (TPSA) is 47.6 Å². The molecule has 3 rings (SSSR count). The molecule has 0 radical (unpaired) electrons. The van der Waals surface area contributed by atoms with Gasteiger partial charge in [0.1, 0.15) is 6.61 Å². The third-order valence-corrected chi connectivity index (χ3v) is 4.77. The lowest BCUT2D eigenvalue weighted by atomic mass is 10.2. The zero-order chi connectivity index (χ0) is 20.1. The second kappa shape index (κ2) is 8.35. The van der Waals surface area contributed by atoms with E-state index >= 15 is 0 Å². The number of nitrogens with one attached hydrogen (secondary N) is 1. The molecule has 146 valence electrons. The quantitative estimate of drug-likeness (QED) is 0.578. The van der Waals surface area contributed by atoms with Gasteiger partial charge in [-0.1, -0.05) is 18.2 Å². The van der Waals surface area contributed by atoms with E-state index in [1.165, 1.54) is 23.5 Å². The Morgan fingerprint density at radius 1 is 1.07 bits per heavy atom. The number of halogens is 3. The van der Waals surface area contributed by atoms with Gasteiger partial charge < -0.3 is 14.8 Å². The van der Waals surface area contributed by atoms with Crippen LogP contribution in [0.15, 0.2) is 60.0 Å². The van der Waals surface area contributed by atoms with Gasteiger partial charge in [0, 0.05) is 11.3 Å². The van der Waals surface area contributed by atoms with Gasteiger partial charge in [-0.15, -0.1) is 11.3 Å². The number of benzene rings is 2. The van der Waals surface area contributed by atoms with Crippen LogP contribution in [0, 0.1) is 0 Å². The van der Waals surface area contributed by atoms with Crippen molar-refractivity contribution in [1.29, 1.82) is 0 Å². The van der Waals surface area contributed by atoms with Crippen molar-refractivity contribution >= 4 is 22.9 Å². The molecule has 0 unspecified atom stereocenters. The molecule has 2 aromatic carbocycles. The Labute approximate surface area is 163 Å². The first-order valence-corrected chi connectivity index (χ1v) is 9.06. The monoisotopic (exact) mass is 407 g/mol. The number of rotatable bonds is 6. The largest absolute Gasteiger partial charge is 0.493 e. The van der Waals surface area contributed by atoms with Gasteiger partial charge >= 0.3 is 6.18 Å². The predicted molar refractivity (Wildman–Crippen MR) is 101 cm³/mol. The van der Waals surface area contributed by atoms with Crippen LogP contribution >= 0.6 is 11.3 Å². The molecule has 0 bridgehead atoms. The molecular weight excluding hydrogens is 391 g/mol. The fraction of sp³-hybridized carbons (Fsp3) is 0.150. The minimum Gasteiger partial charge on any atom is -0.493 e. The molecule has 3 aromatic rings. The summed E-state index contributed by atoms with van der Waals surface area (Å²) >= 11 is 1.19. The molecule has 28 heavy (non-hydrogen) atoms. The summed E-state index contributed by atoms with van der Waals surface area (Å²) in [6.07, 6.45) is -4.47. The highest BCUT2D eigenvalue weighted by atomic mass is 32.1. The minimum absolute atomic E-state index is 0.0834. The van der Waals surface area contributed by atoms with Crippen molar-refractivity contribution in [3.8, 4) is 11.5 Å². The molecule has 0 fully saturated rings. The molecule has 1 N–H and O–H groups in total. The van der Waals surface area contributed by atoms with Crippen LogP contribution in [0.1, 0.15) is 20.8 Å². The normalized spacial score (nSPS) is 11.1. The molecule has 0 spiro atoms. The second-order valence-corrected chi connectivity index (χ2v) is 6.70. The Morgan fingerprint density at radius 2 is 1.82 bits per heavy atom. The zero-order valence-electron chi connectivity index (χ0n) is 14.7. The van der Waals surface area contributed by atoms with E-state index in [1.807, 2.05) is 12.1 Å². The summed E-state index contributed by atoms with van der Waals surface area (Å²) in [4.78, 5) is 12.7. The average molecular weight is 407 g/mol. The van der Waals surface area contributed by atoms with Crippen molar-refractivity contribution in [1.82, 2.24) is 0 Å². The van der Waals surface area contributed by atoms with Gasteiger partial charge in [0.25, 0.3) is 5.91 Å². The van der Waals surface area contributed by atoms with E-state index in [2.05, 4.69) is 5.32 Å². The van der Waals surface area contributed by atoms with Gasteiger partial charge in [-0.3, -0.25) is 4.79 Å². The van der Waals surface area contributed by atoms with Crippen LogP contribution in [0.5, 0.6) is 11.5 Å². The Hall–Kier alpha value is -3.00. The highest BCUT2D eigenvalue weighted by Crippen LogP contribution is 2.31. The zero-order valence-corrected chi connectivity index (χ0v) is 15.6. The molecule has 1 aromatic heterocycles. The van der Waals surface area contributed by atoms with Crippen molar-refractivity contribution in [2.24, 2.45) is 0 Å². The number of carbonyl (C=O) groups excluding carboxylic acids is 1. The van der Waals surface area contributed by atoms with E-state index in [0.717, 1.165) is 17.7 Å². The van der Waals surface area contributed by atoms with Crippen molar-refractivity contribution in [2.75, 3.05) is 12.4 Å². The second-order valence-electron chi connectivity index (χ2n) is 5.79. The lowest BCUT2D eigenvalue weighted by Gasteiger charge is -2.09. The van der Waals surface area contributed by atoms with E-state index in [9.17, 15) is 18.0 Å². The number of anilines is 1. The van der Waals surface area contributed by atoms with Crippen LogP contribution in [0.2, 0.25) is 0 Å². The summed E-state index contributed by atoms with van der Waals surface area (Å²) < 4.78 is 49.2. The number of thiophene rings is 1. The van der Waals surface area contributed by atoms with Crippen molar-refractivity contribution in [2.45, 2.75) is 12.8 Å². The van der Waals surface area contributed by atoms with Crippen LogP contribution in [-0.4, -0.2) is 13.0 Å². The molecule has 0 saturated carbocycles. The number of hydrogen-bond acceptors (Lipinski definition) is 4. The van der Waals surface area contributed by atoms with E-state index in [1.54, 1.807) is 30.7 Å². The Kier molecular flexibility index (Phi) is 5.89. The maximum absolute atomic E-state index is 12.8. The highest BCUT2D eigenvalue weighted by Gasteiger charge is 2.30. The molecule has 0 aliphatic rings. The third-order valence-electron chi connectivity index (χ3n) is 3.79. The number of amides is 1. The van der Waals surface area contributed by atoms with Crippen LogP contribution in [0.25, 0.3) is 0 Å². The summed E-state index contributed by atoms with van der Waals surface area (Å²) in [5.74, 6) is 0.694. The Morgan fingerprint density at radius 3 is 2.54 bits per heavy atom. The summed E-state index contributed by atoms with van der Waals surface area (Å²) in [5, 5.41) is 4.25. The van der Waals surface area contributed by atoms with Crippen LogP contribution in [0.4, 0.5) is 18.9 Å². The van der Waals surface area contributed by atoms with Crippen molar-refractivity contribution in [3.63, 3.8) is 0 Å². The lowest BCUT2D eigenvalue weighted by molar-refractivity contribution is -0.137. The van der Waals surface area contributed by atoms with Gasteiger partial charge in [0.05, 0.1) is 17.6 Å². The maximum atomic E-state index is 12.8. The van der Waals surface area contributed by atoms with Crippen LogP contribution in [0.3, 0.4) is 0 Å². The molecule has 1 heterocycles. The first-order valence-electron chi connectivity index (χ1n) is 8.18. The molecule has 8 heteroatoms. The Bertz CT molecular complexity index is 969. The molecule has 0 atom stereocenters. The van der Waals surface area contributed by atoms with E-state index in [4.69, 9.17) is 9.47 Å². The smallest absolute Gasteiger partial charge is 0.416 e. The lowest BCUT2D eigenvalue weighted by Crippen LogP contribution is -2.12. The molecule has 0 aliphatic heterocycles. The standard InChI is InChI=1S/C20H16F3NO3S/c1-26-16-7-2-3-8-17(16)27-11-13-9-18(28-12-13)19(25)24-15-6-4-5-14(10-15)20(21,22)23/h2-10,12H,11H2,1H3,(H,24,25). The Balaban J connectivity index is 1.64. The predicted octanol–water partition coefficient (Wildman–Crippen LogP) is 5.61. The summed E-state index contributed by atoms with van der Waals surface area (Å²) in [6.45, 7) is 0.230. The van der Waals surface area contributed by atoms with Gasteiger partial charge in [0.15, 0.2) is 11.5 Å². The van der Waals surface area contributed by atoms with Gasteiger partial charge in [0.2, 0.25) is 0 Å². The number of alkyl halides is 3. The van der Waals surface area contributed by atoms with Crippen molar-refractivity contribution in [3.05, 3.63) is 76.0 Å². The minimum atomic E-state index is -4.47. The number of carbonyl (C=O) groups is 1. The fourth-order valence-corrected chi connectivity index (χ4v) is 3.23. The molecule has 0 saturated heterocycles. The van der Waals surface area contributed by atoms with Gasteiger partial charge in [-0.05, 0) is 41.8 Å². The van der Waals surface area contributed by atoms with Crippen LogP contribution in [-0.2, 0) is 12.8 Å². The number of methoxy groups -OCH3 is 1. The fourth-order valence-electron chi connectivity index (χ4n) is 2.44. The molecule has 0 aliphatic carbocycles. The highest BCUT2D eigenvalue weighted by molar-refractivity contribution is 7.12. The first-order chi connectivity index (χ1) is 13.4. The summed E-state index contributed by atoms with van der Waals surface area (Å²) in [5.41, 5.74) is 0.0347. The summed E-state index contributed by atoms with van der Waals surface area (Å²) in [6, 6.07) is 13.3. The molecular formula is C20H16F3NO3S. The van der Waals surface area contributed by atoms with E-state index in [0.29, 0.717) is 16.4 Å². The maximum Gasteiger partial charge on any atom is 0.416 e. The number of hydrogen-bond donors (Lipinski definition) is 1. The average Bonchev–Trinajstić information content (AvgIpc) is 3.15. The third kappa shape index (κ3) is 4.83. The van der Waals surface area contributed by atoms with Crippen LogP contribution < -0.4 is 14.8 Å². The molecule has 1 amide bonds. The van der Waals surface area contributed by atoms with E-state index < -0.39 is 17.6 Å². The SMILES string of the molecule is COc1ccccc1OCc1csc(C(=O)Nc2cccc(C(F)(F)F)c2)c1. The van der Waals surface area contributed by atoms with E-state index in [-0.39, 0.29) is 12.3 Å².